The molecule has 0 aliphatic rings. The molecular formula is C29H25BrN4O5S. The van der Waals surface area contributed by atoms with Crippen LogP contribution in [0, 0.1) is 10.1 Å². The molecule has 0 aliphatic carbocycles. The summed E-state index contributed by atoms with van der Waals surface area (Å²) < 4.78 is 2.22. The first kappa shape index (κ1) is 28.8. The number of benzene rings is 2. The summed E-state index contributed by atoms with van der Waals surface area (Å²) in [4.78, 5) is 54.2. The first-order valence-electron chi connectivity index (χ1n) is 12.1. The third-order valence-electron chi connectivity index (χ3n) is 5.99. The van der Waals surface area contributed by atoms with Gasteiger partial charge >= 0.3 is 0 Å². The summed E-state index contributed by atoms with van der Waals surface area (Å²) in [6.45, 7) is 5.85. The van der Waals surface area contributed by atoms with E-state index in [-0.39, 0.29) is 38.2 Å². The van der Waals surface area contributed by atoms with E-state index in [0.29, 0.717) is 15.7 Å². The number of hydrogen-bond acceptors (Lipinski definition) is 7. The molecule has 1 N–H and O–H groups in total. The second kappa shape index (κ2) is 11.9. The number of anilines is 1. The zero-order chi connectivity index (χ0) is 29.0. The van der Waals surface area contributed by atoms with Crippen LogP contribution in [-0.4, -0.2) is 26.2 Å². The average Bonchev–Trinajstić information content (AvgIpc) is 3.18. The molecule has 0 fully saturated rings. The molecule has 4 aromatic rings. The number of nitrogens with one attached hydrogen (secondary N) is 1. The third kappa shape index (κ3) is 6.67. The molecular weight excluding hydrogens is 596 g/mol. The molecule has 204 valence electrons. The van der Waals surface area contributed by atoms with E-state index < -0.39 is 16.4 Å². The normalized spacial score (nSPS) is 12.4. The van der Waals surface area contributed by atoms with Crippen molar-refractivity contribution >= 4 is 62.5 Å². The predicted octanol–water partition coefficient (Wildman–Crippen LogP) is 4.40. The molecule has 0 saturated carbocycles. The van der Waals surface area contributed by atoms with E-state index in [9.17, 15) is 24.5 Å². The Morgan fingerprint density at radius 1 is 1.12 bits per heavy atom. The number of carbonyl (C=O) groups excluding carboxylic acids is 2. The molecule has 0 aliphatic heterocycles. The van der Waals surface area contributed by atoms with Crippen LogP contribution in [0.5, 0.6) is 0 Å². The molecule has 0 atom stereocenters. The molecule has 2 heterocycles. The summed E-state index contributed by atoms with van der Waals surface area (Å²) in [6, 6.07) is 15.7. The minimum absolute atomic E-state index is 0.0824. The number of pyridine rings is 1. The molecule has 0 saturated heterocycles. The van der Waals surface area contributed by atoms with Gasteiger partial charge in [0.05, 0.1) is 20.7 Å². The molecule has 0 unspecified atom stereocenters. The summed E-state index contributed by atoms with van der Waals surface area (Å²) in [6.07, 6.45) is 5.16. The first-order chi connectivity index (χ1) is 18.9. The fourth-order valence-corrected chi connectivity index (χ4v) is 5.25. The Bertz CT molecular complexity index is 1790. The zero-order valence-electron chi connectivity index (χ0n) is 21.9. The number of amides is 1. The van der Waals surface area contributed by atoms with Crippen LogP contribution in [0.1, 0.15) is 42.3 Å². The van der Waals surface area contributed by atoms with Gasteiger partial charge in [-0.3, -0.25) is 34.0 Å². The van der Waals surface area contributed by atoms with Crippen molar-refractivity contribution in [2.75, 3.05) is 5.32 Å². The van der Waals surface area contributed by atoms with Gasteiger partial charge in [-0.25, -0.2) is 0 Å². The molecule has 2 aromatic heterocycles. The fourth-order valence-electron chi connectivity index (χ4n) is 3.83. The van der Waals surface area contributed by atoms with Gasteiger partial charge in [0.2, 0.25) is 5.91 Å². The van der Waals surface area contributed by atoms with Gasteiger partial charge in [-0.2, -0.15) is 0 Å². The molecule has 1 amide bonds. The maximum Gasteiger partial charge on any atom is 0.294 e. The summed E-state index contributed by atoms with van der Waals surface area (Å²) in [5.74, 6) is -0.826. The monoisotopic (exact) mass is 620 g/mol. The van der Waals surface area contributed by atoms with E-state index in [1.54, 1.807) is 36.4 Å². The van der Waals surface area contributed by atoms with E-state index in [2.05, 4.69) is 47.0 Å². The number of nitrogens with zero attached hydrogens (tertiary/aromatic N) is 3. The lowest BCUT2D eigenvalue weighted by Crippen LogP contribution is -2.36. The summed E-state index contributed by atoms with van der Waals surface area (Å²) in [5.41, 5.74) is 1.29. The van der Waals surface area contributed by atoms with Crippen LogP contribution in [0.25, 0.3) is 12.2 Å². The number of nitro groups is 1. The highest BCUT2D eigenvalue weighted by Gasteiger charge is 2.17. The van der Waals surface area contributed by atoms with Gasteiger partial charge in [-0.15, -0.1) is 11.3 Å². The van der Waals surface area contributed by atoms with Crippen LogP contribution in [0.2, 0.25) is 0 Å². The second-order valence-corrected chi connectivity index (χ2v) is 11.8. The zero-order valence-corrected chi connectivity index (χ0v) is 24.3. The fraction of sp³-hybridized carbons (Fsp3) is 0.172. The van der Waals surface area contributed by atoms with Crippen LogP contribution in [0.4, 0.5) is 11.4 Å². The lowest BCUT2D eigenvalue weighted by molar-refractivity contribution is -0.385. The van der Waals surface area contributed by atoms with E-state index >= 15 is 0 Å². The number of carbonyl (C=O) groups is 2. The van der Waals surface area contributed by atoms with Crippen molar-refractivity contribution in [2.24, 2.45) is 0 Å². The van der Waals surface area contributed by atoms with Crippen molar-refractivity contribution < 1.29 is 14.5 Å². The quantitative estimate of drug-likeness (QED) is 0.185. The highest BCUT2D eigenvalue weighted by molar-refractivity contribution is 9.10. The number of Topliss-reactive ketones (excluding diaryl/α,β-unsaturated/α-hetero) is 1. The Kier molecular flexibility index (Phi) is 8.55. The van der Waals surface area contributed by atoms with Gasteiger partial charge in [-0.1, -0.05) is 57.2 Å². The topological polar surface area (TPSA) is 124 Å². The smallest absolute Gasteiger partial charge is 0.294 e. The Labute approximate surface area is 241 Å². The molecule has 0 radical (unpaired) electrons. The minimum atomic E-state index is -0.589. The molecule has 2 aromatic carbocycles. The van der Waals surface area contributed by atoms with Crippen molar-refractivity contribution in [1.29, 1.82) is 0 Å². The minimum Gasteiger partial charge on any atom is -0.324 e. The van der Waals surface area contributed by atoms with Crippen LogP contribution >= 0.6 is 27.3 Å². The Hall–Kier alpha value is -4.22. The van der Waals surface area contributed by atoms with Crippen molar-refractivity contribution in [3.05, 3.63) is 118 Å². The number of halogens is 1. The predicted molar refractivity (Wildman–Crippen MR) is 159 cm³/mol. The number of thiazole rings is 1. The molecule has 0 bridgehead atoms. The summed E-state index contributed by atoms with van der Waals surface area (Å²) in [7, 11) is 0. The van der Waals surface area contributed by atoms with E-state index in [0.717, 1.165) is 23.1 Å². The highest BCUT2D eigenvalue weighted by atomic mass is 79.9. The summed E-state index contributed by atoms with van der Waals surface area (Å²) in [5, 5.41) is 14.2. The van der Waals surface area contributed by atoms with Gasteiger partial charge < -0.3 is 5.32 Å². The number of hydrogen-bond donors (Lipinski definition) is 1. The van der Waals surface area contributed by atoms with Gasteiger partial charge in [0.15, 0.2) is 5.78 Å². The molecule has 11 heteroatoms. The van der Waals surface area contributed by atoms with Crippen molar-refractivity contribution in [3.8, 4) is 0 Å². The Morgan fingerprint density at radius 3 is 2.48 bits per heavy atom. The maximum absolute atomic E-state index is 13.4. The third-order valence-corrected chi connectivity index (χ3v) is 7.74. The SMILES string of the molecule is CC(C)(C)c1ccc(C(=O)/C=c2\s/c(=C/c3ccncc3[N+](=O)[O-])c(=O)n2CC(=O)Nc2ccccc2Br)cc1. The van der Waals surface area contributed by atoms with Gasteiger partial charge in [-0.05, 0) is 51.2 Å². The molecule has 0 spiro atoms. The van der Waals surface area contributed by atoms with E-state index in [4.69, 9.17) is 0 Å². The maximum atomic E-state index is 13.4. The Balaban J connectivity index is 1.80. The lowest BCUT2D eigenvalue weighted by Gasteiger charge is -2.18. The number of aromatic nitrogens is 2. The van der Waals surface area contributed by atoms with Crippen LogP contribution < -0.4 is 20.1 Å². The molecule has 9 nitrogen and oxygen atoms in total. The van der Waals surface area contributed by atoms with Crippen molar-refractivity contribution in [3.63, 3.8) is 0 Å². The van der Waals surface area contributed by atoms with Crippen molar-refractivity contribution in [2.45, 2.75) is 32.7 Å². The lowest BCUT2D eigenvalue weighted by atomic mass is 9.86. The first-order valence-corrected chi connectivity index (χ1v) is 13.8. The highest BCUT2D eigenvalue weighted by Crippen LogP contribution is 2.23. The van der Waals surface area contributed by atoms with Gasteiger partial charge in [0, 0.05) is 22.3 Å². The summed E-state index contributed by atoms with van der Waals surface area (Å²) >= 11 is 4.35. The average molecular weight is 622 g/mol. The van der Waals surface area contributed by atoms with Crippen LogP contribution in [-0.2, 0) is 16.8 Å². The van der Waals surface area contributed by atoms with Gasteiger partial charge in [0.25, 0.3) is 11.2 Å². The standard InChI is InChI=1S/C29H25BrN4O5S/c1-29(2,3)20-10-8-18(9-11-20)24(35)15-27-33(17-26(36)32-22-7-5-4-6-21(22)30)28(37)25(40-27)14-19-12-13-31-16-23(19)34(38)39/h4-16H,17H2,1-3H3,(H,32,36)/b25-14+,27-15-. The van der Waals surface area contributed by atoms with Crippen molar-refractivity contribution in [1.82, 2.24) is 9.55 Å². The number of rotatable bonds is 7. The largest absolute Gasteiger partial charge is 0.324 e. The van der Waals surface area contributed by atoms with E-state index in [1.165, 1.54) is 29.0 Å². The van der Waals surface area contributed by atoms with E-state index in [1.807, 2.05) is 12.1 Å². The van der Waals surface area contributed by atoms with Gasteiger partial charge in [0.1, 0.15) is 17.4 Å². The second-order valence-electron chi connectivity index (χ2n) is 9.90. The van der Waals surface area contributed by atoms with Crippen LogP contribution in [0.15, 0.2) is 76.3 Å². The van der Waals surface area contributed by atoms with Crippen LogP contribution in [0.3, 0.4) is 0 Å². The Morgan fingerprint density at radius 2 is 1.82 bits per heavy atom. The molecule has 4 rings (SSSR count). The number of ketones is 1. The molecule has 40 heavy (non-hydrogen) atoms. The number of para-hydroxylation sites is 1.